The van der Waals surface area contributed by atoms with Crippen LogP contribution in [0.4, 0.5) is 4.39 Å². The average molecular weight is 196 g/mol. The summed E-state index contributed by atoms with van der Waals surface area (Å²) in [6.45, 7) is 0.868. The van der Waals surface area contributed by atoms with E-state index >= 15 is 0 Å². The Bertz CT molecular complexity index is 354. The van der Waals surface area contributed by atoms with Gasteiger partial charge in [0.05, 0.1) is 6.61 Å². The molecule has 1 aliphatic heterocycles. The van der Waals surface area contributed by atoms with Crippen LogP contribution in [-0.4, -0.2) is 13.2 Å². The second-order valence-electron chi connectivity index (χ2n) is 3.43. The van der Waals surface area contributed by atoms with E-state index in [-0.39, 0.29) is 11.9 Å². The first-order valence-electron chi connectivity index (χ1n) is 4.63. The van der Waals surface area contributed by atoms with Crippen molar-refractivity contribution >= 4 is 0 Å². The maximum Gasteiger partial charge on any atom is 0.165 e. The molecule has 0 unspecified atom stereocenters. The van der Waals surface area contributed by atoms with Crippen LogP contribution in [0.15, 0.2) is 12.1 Å². The summed E-state index contributed by atoms with van der Waals surface area (Å²) in [7, 11) is 0. The van der Waals surface area contributed by atoms with E-state index in [0.717, 1.165) is 17.5 Å². The van der Waals surface area contributed by atoms with Crippen molar-refractivity contribution in [3.05, 3.63) is 29.1 Å². The van der Waals surface area contributed by atoms with E-state index in [1.165, 1.54) is 6.07 Å². The van der Waals surface area contributed by atoms with Gasteiger partial charge in [0, 0.05) is 24.6 Å². The molecule has 0 aromatic heterocycles. The van der Waals surface area contributed by atoms with Crippen molar-refractivity contribution in [1.29, 1.82) is 0 Å². The summed E-state index contributed by atoms with van der Waals surface area (Å²) in [4.78, 5) is 0. The second kappa shape index (κ2) is 3.55. The van der Waals surface area contributed by atoms with Crippen molar-refractivity contribution in [2.24, 2.45) is 11.5 Å². The molecule has 1 heterocycles. The van der Waals surface area contributed by atoms with Crippen LogP contribution in [0.2, 0.25) is 0 Å². The second-order valence-corrected chi connectivity index (χ2v) is 3.43. The molecule has 76 valence electrons. The van der Waals surface area contributed by atoms with Crippen LogP contribution in [0.3, 0.4) is 0 Å². The molecule has 0 saturated heterocycles. The lowest BCUT2D eigenvalue weighted by Crippen LogP contribution is -2.20. The molecule has 0 spiro atoms. The van der Waals surface area contributed by atoms with Crippen LogP contribution < -0.4 is 16.2 Å². The lowest BCUT2D eigenvalue weighted by atomic mass is 10.0. The third-order valence-electron chi connectivity index (χ3n) is 2.44. The Morgan fingerprint density at radius 1 is 1.50 bits per heavy atom. The maximum absolute atomic E-state index is 13.4. The minimum Gasteiger partial charge on any atom is -0.490 e. The zero-order valence-electron chi connectivity index (χ0n) is 7.79. The molecule has 0 aliphatic carbocycles. The number of halogens is 1. The summed E-state index contributed by atoms with van der Waals surface area (Å²) in [5.41, 5.74) is 12.8. The topological polar surface area (TPSA) is 61.3 Å². The Morgan fingerprint density at radius 3 is 3.00 bits per heavy atom. The molecule has 0 bridgehead atoms. The Hall–Kier alpha value is -1.13. The number of fused-ring (bicyclic) bond motifs is 1. The first-order chi connectivity index (χ1) is 6.72. The SMILES string of the molecule is NC[C@H](N)c1cc(F)c2c(c1)CCO2. The average Bonchev–Trinajstić information content (AvgIpc) is 2.64. The molecule has 4 heteroatoms. The van der Waals surface area contributed by atoms with Gasteiger partial charge in [0.1, 0.15) is 0 Å². The highest BCUT2D eigenvalue weighted by Gasteiger charge is 2.19. The van der Waals surface area contributed by atoms with E-state index in [4.69, 9.17) is 16.2 Å². The first kappa shape index (κ1) is 9.43. The van der Waals surface area contributed by atoms with E-state index in [1.54, 1.807) is 0 Å². The summed E-state index contributed by atoms with van der Waals surface area (Å²) in [6, 6.07) is 2.99. The van der Waals surface area contributed by atoms with E-state index in [1.807, 2.05) is 6.07 Å². The monoisotopic (exact) mass is 196 g/mol. The molecule has 1 aromatic rings. The minimum absolute atomic E-state index is 0.296. The molecular weight excluding hydrogens is 183 g/mol. The standard InChI is InChI=1S/C10H13FN2O/c11-8-4-7(9(13)5-12)3-6-1-2-14-10(6)8/h3-4,9H,1-2,5,12-13H2/t9-/m0/s1. The molecule has 1 atom stereocenters. The number of hydrogen-bond acceptors (Lipinski definition) is 3. The third kappa shape index (κ3) is 1.47. The predicted octanol–water partition coefficient (Wildman–Crippen LogP) is 0.719. The molecule has 0 fully saturated rings. The maximum atomic E-state index is 13.4. The lowest BCUT2D eigenvalue weighted by Gasteiger charge is -2.11. The van der Waals surface area contributed by atoms with Gasteiger partial charge >= 0.3 is 0 Å². The fourth-order valence-electron chi connectivity index (χ4n) is 1.63. The molecule has 14 heavy (non-hydrogen) atoms. The Morgan fingerprint density at radius 2 is 2.29 bits per heavy atom. The Kier molecular flexibility index (Phi) is 2.39. The molecule has 1 aromatic carbocycles. The number of nitrogens with two attached hydrogens (primary N) is 2. The van der Waals surface area contributed by atoms with Crippen molar-refractivity contribution in [1.82, 2.24) is 0 Å². The zero-order chi connectivity index (χ0) is 10.1. The predicted molar refractivity (Wildman–Crippen MR) is 51.6 cm³/mol. The van der Waals surface area contributed by atoms with E-state index in [2.05, 4.69) is 0 Å². The Balaban J connectivity index is 2.41. The van der Waals surface area contributed by atoms with Gasteiger partial charge in [-0.05, 0) is 11.6 Å². The highest BCUT2D eigenvalue weighted by atomic mass is 19.1. The number of hydrogen-bond donors (Lipinski definition) is 2. The van der Waals surface area contributed by atoms with Gasteiger partial charge in [-0.25, -0.2) is 4.39 Å². The van der Waals surface area contributed by atoms with Crippen molar-refractivity contribution in [3.8, 4) is 5.75 Å². The van der Waals surface area contributed by atoms with Gasteiger partial charge in [-0.2, -0.15) is 0 Å². The van der Waals surface area contributed by atoms with Crippen LogP contribution in [0.5, 0.6) is 5.75 Å². The molecule has 0 amide bonds. The summed E-state index contributed by atoms with van der Waals surface area (Å²) < 4.78 is 18.6. The van der Waals surface area contributed by atoms with Crippen LogP contribution in [0, 0.1) is 5.82 Å². The molecule has 0 saturated carbocycles. The van der Waals surface area contributed by atoms with Crippen LogP contribution in [-0.2, 0) is 6.42 Å². The van der Waals surface area contributed by atoms with Crippen molar-refractivity contribution in [3.63, 3.8) is 0 Å². The normalized spacial score (nSPS) is 16.2. The fraction of sp³-hybridized carbons (Fsp3) is 0.400. The van der Waals surface area contributed by atoms with E-state index < -0.39 is 0 Å². The van der Waals surface area contributed by atoms with Crippen molar-refractivity contribution < 1.29 is 9.13 Å². The van der Waals surface area contributed by atoms with E-state index in [9.17, 15) is 4.39 Å². The molecule has 0 radical (unpaired) electrons. The van der Waals surface area contributed by atoms with Crippen LogP contribution in [0.1, 0.15) is 17.2 Å². The summed E-state index contributed by atoms with van der Waals surface area (Å²) in [6.07, 6.45) is 0.747. The van der Waals surface area contributed by atoms with Crippen LogP contribution >= 0.6 is 0 Å². The summed E-state index contributed by atoms with van der Waals surface area (Å²) >= 11 is 0. The minimum atomic E-state index is -0.334. The first-order valence-corrected chi connectivity index (χ1v) is 4.63. The van der Waals surface area contributed by atoms with E-state index in [0.29, 0.717) is 18.9 Å². The molecule has 4 N–H and O–H groups in total. The van der Waals surface area contributed by atoms with Gasteiger partial charge in [-0.15, -0.1) is 0 Å². The number of ether oxygens (including phenoxy) is 1. The van der Waals surface area contributed by atoms with Gasteiger partial charge in [0.15, 0.2) is 11.6 Å². The molecule has 1 aliphatic rings. The Labute approximate surface area is 81.8 Å². The van der Waals surface area contributed by atoms with Gasteiger partial charge in [-0.3, -0.25) is 0 Å². The zero-order valence-corrected chi connectivity index (χ0v) is 7.79. The molecule has 3 nitrogen and oxygen atoms in total. The van der Waals surface area contributed by atoms with Crippen LogP contribution in [0.25, 0.3) is 0 Å². The highest BCUT2D eigenvalue weighted by Crippen LogP contribution is 2.30. The molecule has 2 rings (SSSR count). The quantitative estimate of drug-likeness (QED) is 0.732. The van der Waals surface area contributed by atoms with Crippen molar-refractivity contribution in [2.45, 2.75) is 12.5 Å². The largest absolute Gasteiger partial charge is 0.490 e. The number of rotatable bonds is 2. The van der Waals surface area contributed by atoms with Gasteiger partial charge < -0.3 is 16.2 Å². The fourth-order valence-corrected chi connectivity index (χ4v) is 1.63. The van der Waals surface area contributed by atoms with Gasteiger partial charge in [-0.1, -0.05) is 6.07 Å². The van der Waals surface area contributed by atoms with Gasteiger partial charge in [0.25, 0.3) is 0 Å². The smallest absolute Gasteiger partial charge is 0.165 e. The highest BCUT2D eigenvalue weighted by molar-refractivity contribution is 5.42. The van der Waals surface area contributed by atoms with Gasteiger partial charge in [0.2, 0.25) is 0 Å². The third-order valence-corrected chi connectivity index (χ3v) is 2.44. The van der Waals surface area contributed by atoms with Crippen molar-refractivity contribution in [2.75, 3.05) is 13.2 Å². The lowest BCUT2D eigenvalue weighted by molar-refractivity contribution is 0.339. The summed E-state index contributed by atoms with van der Waals surface area (Å²) in [5.74, 6) is 0.0388. The molecular formula is C10H13FN2O. The number of benzene rings is 1. The summed E-state index contributed by atoms with van der Waals surface area (Å²) in [5, 5.41) is 0.